The van der Waals surface area contributed by atoms with Gasteiger partial charge in [-0.25, -0.2) is 0 Å². The lowest BCUT2D eigenvalue weighted by atomic mass is 9.72. The van der Waals surface area contributed by atoms with Crippen molar-refractivity contribution in [3.63, 3.8) is 0 Å². The number of rotatable bonds is 9. The zero-order valence-corrected chi connectivity index (χ0v) is 26.2. The standard InChI is InChI=1S/C32H52BN3O4/c1-23(37)34-32(28(38)35-29(2,3)4,17-11-12-18-33-39-30(5,6)31(7,8)40-33)26-15-19-36(20-16-26)27-21-24-13-9-10-14-25(24)22-27/h9-10,13-14,26-27H,11-12,15-22H2,1-8H3,(H,34,37)(H,35,38). The van der Waals surface area contributed by atoms with Crippen molar-refractivity contribution in [3.8, 4) is 0 Å². The summed E-state index contributed by atoms with van der Waals surface area (Å²) in [5.74, 6) is -0.128. The second-order valence-electron chi connectivity index (χ2n) is 14.4. The highest BCUT2D eigenvalue weighted by molar-refractivity contribution is 6.45. The van der Waals surface area contributed by atoms with E-state index in [1.807, 2.05) is 20.8 Å². The molecule has 2 fully saturated rings. The Balaban J connectivity index is 1.44. The van der Waals surface area contributed by atoms with Gasteiger partial charge in [-0.1, -0.05) is 37.1 Å². The third-order valence-electron chi connectivity index (χ3n) is 9.63. The number of benzene rings is 1. The van der Waals surface area contributed by atoms with Crippen LogP contribution in [0.1, 0.15) is 98.6 Å². The molecule has 0 aromatic heterocycles. The predicted molar refractivity (Wildman–Crippen MR) is 161 cm³/mol. The first-order valence-corrected chi connectivity index (χ1v) is 15.4. The minimum absolute atomic E-state index is 0.0578. The molecule has 40 heavy (non-hydrogen) atoms. The zero-order chi connectivity index (χ0) is 29.3. The van der Waals surface area contributed by atoms with Gasteiger partial charge in [0.1, 0.15) is 5.54 Å². The van der Waals surface area contributed by atoms with Gasteiger partial charge in [-0.3, -0.25) is 14.5 Å². The number of piperidine rings is 1. The first-order valence-electron chi connectivity index (χ1n) is 15.4. The van der Waals surface area contributed by atoms with Crippen LogP contribution in [0.4, 0.5) is 0 Å². The van der Waals surface area contributed by atoms with Crippen LogP contribution < -0.4 is 10.6 Å². The van der Waals surface area contributed by atoms with Crippen LogP contribution in [0.15, 0.2) is 24.3 Å². The van der Waals surface area contributed by atoms with Gasteiger partial charge in [0.15, 0.2) is 0 Å². The van der Waals surface area contributed by atoms with Crippen LogP contribution in [0.3, 0.4) is 0 Å². The molecule has 4 rings (SSSR count). The van der Waals surface area contributed by atoms with Crippen LogP contribution in [0.5, 0.6) is 0 Å². The van der Waals surface area contributed by atoms with Gasteiger partial charge in [0, 0.05) is 18.5 Å². The molecule has 2 saturated heterocycles. The number of likely N-dealkylation sites (tertiary alicyclic amines) is 1. The minimum Gasteiger partial charge on any atom is -0.403 e. The van der Waals surface area contributed by atoms with Crippen LogP contribution in [-0.2, 0) is 31.7 Å². The summed E-state index contributed by atoms with van der Waals surface area (Å²) in [6.07, 6.45) is 7.02. The van der Waals surface area contributed by atoms with E-state index in [4.69, 9.17) is 9.31 Å². The van der Waals surface area contributed by atoms with Gasteiger partial charge in [-0.15, -0.1) is 0 Å². The molecule has 0 saturated carbocycles. The summed E-state index contributed by atoms with van der Waals surface area (Å²) in [4.78, 5) is 29.3. The van der Waals surface area contributed by atoms with E-state index >= 15 is 0 Å². The Kier molecular flexibility index (Phi) is 9.14. The number of unbranched alkanes of at least 4 members (excludes halogenated alkanes) is 1. The number of hydrogen-bond donors (Lipinski definition) is 2. The molecule has 2 N–H and O–H groups in total. The number of carbonyl (C=O) groups is 2. The van der Waals surface area contributed by atoms with E-state index in [-0.39, 0.29) is 41.6 Å². The maximum absolute atomic E-state index is 14.0. The molecule has 2 heterocycles. The van der Waals surface area contributed by atoms with Crippen molar-refractivity contribution in [2.24, 2.45) is 5.92 Å². The summed E-state index contributed by atoms with van der Waals surface area (Å²) < 4.78 is 12.4. The molecule has 1 aromatic carbocycles. The van der Waals surface area contributed by atoms with Crippen molar-refractivity contribution in [1.29, 1.82) is 0 Å². The number of nitrogens with zero attached hydrogens (tertiary/aromatic N) is 1. The first kappa shape index (κ1) is 31.0. The van der Waals surface area contributed by atoms with Crippen molar-refractivity contribution in [3.05, 3.63) is 35.4 Å². The van der Waals surface area contributed by atoms with Gasteiger partial charge in [-0.2, -0.15) is 0 Å². The molecule has 1 aromatic rings. The third-order valence-corrected chi connectivity index (χ3v) is 9.63. The fourth-order valence-electron chi connectivity index (χ4n) is 6.84. The van der Waals surface area contributed by atoms with Crippen LogP contribution in [0.25, 0.3) is 0 Å². The van der Waals surface area contributed by atoms with Gasteiger partial charge in [0.05, 0.1) is 11.2 Å². The summed E-state index contributed by atoms with van der Waals surface area (Å²) >= 11 is 0. The lowest BCUT2D eigenvalue weighted by Gasteiger charge is -2.46. The van der Waals surface area contributed by atoms with E-state index in [0.29, 0.717) is 12.5 Å². The highest BCUT2D eigenvalue weighted by Crippen LogP contribution is 2.39. The molecule has 222 valence electrons. The predicted octanol–water partition coefficient (Wildman–Crippen LogP) is 4.92. The second-order valence-corrected chi connectivity index (χ2v) is 14.4. The van der Waals surface area contributed by atoms with Crippen LogP contribution in [-0.4, -0.2) is 65.2 Å². The lowest BCUT2D eigenvalue weighted by molar-refractivity contribution is -0.138. The van der Waals surface area contributed by atoms with E-state index in [1.54, 1.807) is 0 Å². The quantitative estimate of drug-likeness (QED) is 0.335. The maximum atomic E-state index is 14.0. The highest BCUT2D eigenvalue weighted by atomic mass is 16.7. The smallest absolute Gasteiger partial charge is 0.403 e. The molecule has 2 amide bonds. The molecule has 3 aliphatic rings. The fraction of sp³-hybridized carbons (Fsp3) is 0.750. The van der Waals surface area contributed by atoms with Crippen molar-refractivity contribution >= 4 is 18.9 Å². The SMILES string of the molecule is CC(=O)NC(CCCCB1OC(C)(C)C(C)(C)O1)(C(=O)NC(C)(C)C)C1CCN(C2Cc3ccccc3C2)CC1. The van der Waals surface area contributed by atoms with E-state index in [9.17, 15) is 9.59 Å². The van der Waals surface area contributed by atoms with Crippen LogP contribution in [0.2, 0.25) is 6.32 Å². The van der Waals surface area contributed by atoms with Gasteiger partial charge in [0.2, 0.25) is 11.8 Å². The summed E-state index contributed by atoms with van der Waals surface area (Å²) in [5.41, 5.74) is 0.916. The van der Waals surface area contributed by atoms with Gasteiger partial charge < -0.3 is 19.9 Å². The summed E-state index contributed by atoms with van der Waals surface area (Å²) in [6.45, 7) is 17.7. The molecular weight excluding hydrogens is 501 g/mol. The zero-order valence-electron chi connectivity index (χ0n) is 26.2. The number of nitrogens with one attached hydrogen (secondary N) is 2. The largest absolute Gasteiger partial charge is 0.457 e. The highest BCUT2D eigenvalue weighted by Gasteiger charge is 2.51. The molecule has 7 nitrogen and oxygen atoms in total. The molecule has 0 radical (unpaired) electrons. The van der Waals surface area contributed by atoms with Crippen molar-refractivity contribution in [2.45, 2.75) is 135 Å². The Hall–Kier alpha value is -1.90. The summed E-state index contributed by atoms with van der Waals surface area (Å²) in [6, 6.07) is 9.30. The molecule has 0 bridgehead atoms. The molecular formula is C32H52BN3O4. The molecule has 1 atom stereocenters. The normalized spacial score (nSPS) is 23.1. The molecule has 1 unspecified atom stereocenters. The van der Waals surface area contributed by atoms with Gasteiger partial charge >= 0.3 is 7.12 Å². The Bertz CT molecular complexity index is 1020. The fourth-order valence-corrected chi connectivity index (χ4v) is 6.84. The first-order chi connectivity index (χ1) is 18.6. The lowest BCUT2D eigenvalue weighted by Crippen LogP contribution is -2.66. The van der Waals surface area contributed by atoms with E-state index in [2.05, 4.69) is 67.5 Å². The summed E-state index contributed by atoms with van der Waals surface area (Å²) in [5, 5.41) is 6.43. The average Bonchev–Trinajstić information content (AvgIpc) is 3.37. The van der Waals surface area contributed by atoms with E-state index < -0.39 is 5.54 Å². The molecule has 0 spiro atoms. The topological polar surface area (TPSA) is 79.9 Å². The Morgan fingerprint density at radius 2 is 1.50 bits per heavy atom. The van der Waals surface area contributed by atoms with Crippen molar-refractivity contribution in [1.82, 2.24) is 15.5 Å². The van der Waals surface area contributed by atoms with Crippen molar-refractivity contribution < 1.29 is 18.9 Å². The monoisotopic (exact) mass is 553 g/mol. The van der Waals surface area contributed by atoms with Gasteiger partial charge in [0.25, 0.3) is 0 Å². The van der Waals surface area contributed by atoms with Gasteiger partial charge in [-0.05, 0) is 117 Å². The molecule has 2 aliphatic heterocycles. The third kappa shape index (κ3) is 6.93. The Morgan fingerprint density at radius 1 is 0.950 bits per heavy atom. The van der Waals surface area contributed by atoms with Crippen LogP contribution in [0, 0.1) is 5.92 Å². The number of carbonyl (C=O) groups excluding carboxylic acids is 2. The number of amides is 2. The second kappa shape index (κ2) is 11.8. The Morgan fingerprint density at radius 3 is 2.00 bits per heavy atom. The van der Waals surface area contributed by atoms with E-state index in [0.717, 1.165) is 57.9 Å². The number of fused-ring (bicyclic) bond motifs is 1. The van der Waals surface area contributed by atoms with Crippen LogP contribution >= 0.6 is 0 Å². The number of hydrogen-bond acceptors (Lipinski definition) is 5. The average molecular weight is 554 g/mol. The minimum atomic E-state index is -0.931. The maximum Gasteiger partial charge on any atom is 0.457 e. The Labute approximate surface area is 242 Å². The summed E-state index contributed by atoms with van der Waals surface area (Å²) in [7, 11) is -0.248. The molecule has 1 aliphatic carbocycles. The van der Waals surface area contributed by atoms with E-state index in [1.165, 1.54) is 18.1 Å². The van der Waals surface area contributed by atoms with Crippen molar-refractivity contribution in [2.75, 3.05) is 13.1 Å². The molecule has 8 heteroatoms.